The van der Waals surface area contributed by atoms with Crippen LogP contribution in [0.1, 0.15) is 20.8 Å². The quantitative estimate of drug-likeness (QED) is 0.345. The van der Waals surface area contributed by atoms with Crippen LogP contribution in [0.4, 0.5) is 0 Å². The van der Waals surface area contributed by atoms with Crippen molar-refractivity contribution < 1.29 is 29.7 Å². The van der Waals surface area contributed by atoms with E-state index < -0.39 is 17.9 Å². The highest BCUT2D eigenvalue weighted by atomic mass is 16.4. The number of nitriles is 1. The summed E-state index contributed by atoms with van der Waals surface area (Å²) in [5, 5.41) is 30.8. The van der Waals surface area contributed by atoms with E-state index in [1.54, 1.807) is 0 Å². The monoisotopic (exact) mass is 300 g/mol. The molecule has 5 N–H and O–H groups in total. The molecule has 0 atom stereocenters. The van der Waals surface area contributed by atoms with Crippen LogP contribution in [0, 0.1) is 11.5 Å². The first kappa shape index (κ1) is 26.5. The number of aliphatic carboxylic acids is 3. The van der Waals surface area contributed by atoms with Gasteiger partial charge in [-0.15, -0.1) is 0 Å². The highest BCUT2D eigenvalue weighted by Gasteiger charge is 1.91. The third-order valence-electron chi connectivity index (χ3n) is 1.10. The summed E-state index contributed by atoms with van der Waals surface area (Å²) < 4.78 is 0. The van der Waals surface area contributed by atoms with Crippen molar-refractivity contribution in [2.75, 3.05) is 0 Å². The van der Waals surface area contributed by atoms with E-state index in [-0.39, 0.29) is 16.7 Å². The van der Waals surface area contributed by atoms with Gasteiger partial charge in [0, 0.05) is 16.7 Å². The lowest BCUT2D eigenvalue weighted by Crippen LogP contribution is -1.92. The molecule has 0 aromatic rings. The van der Waals surface area contributed by atoms with Crippen LogP contribution in [0.5, 0.6) is 0 Å². The molecule has 0 spiro atoms. The maximum Gasteiger partial charge on any atom is 0.330 e. The number of nitrogens with zero attached hydrogens (tertiary/aromatic N) is 1. The fourth-order valence-corrected chi connectivity index (χ4v) is 0. The van der Waals surface area contributed by atoms with Gasteiger partial charge in [0.1, 0.15) is 0 Å². The van der Waals surface area contributed by atoms with Gasteiger partial charge in [-0.25, -0.2) is 14.4 Å². The van der Waals surface area contributed by atoms with Gasteiger partial charge in [-0.3, -0.25) is 0 Å². The Morgan fingerprint density at radius 3 is 0.857 bits per heavy atom. The first-order valence-corrected chi connectivity index (χ1v) is 5.11. The third kappa shape index (κ3) is 47.3. The molecule has 0 unspecified atom stereocenters. The third-order valence-corrected chi connectivity index (χ3v) is 1.10. The maximum atomic E-state index is 9.60. The standard InChI is InChI=1S/3C4H6O2.CH2N2/c3*1-3(2)4(5)6;2-1-3/h3*1H2,2H3,(H,5,6);2H2. The minimum Gasteiger partial charge on any atom is -0.478 e. The molecule has 0 aromatic heterocycles. The second kappa shape index (κ2) is 16.9. The summed E-state index contributed by atoms with van der Waals surface area (Å²) in [5.41, 5.74) is 4.68. The first-order chi connectivity index (χ1) is 9.34. The minimum atomic E-state index is -0.935. The zero-order valence-electron chi connectivity index (χ0n) is 12.2. The number of hydrogen-bond donors (Lipinski definition) is 4. The van der Waals surface area contributed by atoms with Crippen LogP contribution in [0.2, 0.25) is 0 Å². The topological polar surface area (TPSA) is 162 Å². The summed E-state index contributed by atoms with van der Waals surface area (Å²) in [7, 11) is 0. The van der Waals surface area contributed by atoms with Crippen LogP contribution in [0.25, 0.3) is 0 Å². The molecule has 0 rings (SSSR count). The van der Waals surface area contributed by atoms with Crippen molar-refractivity contribution in [1.29, 1.82) is 5.26 Å². The SMILES string of the molecule is C=C(C)C(=O)O.C=C(C)C(=O)O.C=C(C)C(=O)O.N#CN. The van der Waals surface area contributed by atoms with Crippen LogP contribution >= 0.6 is 0 Å². The highest BCUT2D eigenvalue weighted by molar-refractivity contribution is 5.85. The van der Waals surface area contributed by atoms with Crippen molar-refractivity contribution in [3.63, 3.8) is 0 Å². The fraction of sp³-hybridized carbons (Fsp3) is 0.231. The van der Waals surface area contributed by atoms with Gasteiger partial charge in [-0.05, 0) is 20.8 Å². The molecule has 0 radical (unpaired) electrons. The molecular weight excluding hydrogens is 280 g/mol. The molecule has 0 amide bonds. The molecule has 0 fully saturated rings. The van der Waals surface area contributed by atoms with E-state index in [0.717, 1.165) is 0 Å². The molecule has 0 aromatic carbocycles. The van der Waals surface area contributed by atoms with Crippen LogP contribution in [-0.2, 0) is 14.4 Å². The predicted octanol–water partition coefficient (Wildman–Crippen LogP) is 1.37. The molecule has 0 aliphatic carbocycles. The van der Waals surface area contributed by atoms with Gasteiger partial charge in [-0.1, -0.05) is 19.7 Å². The van der Waals surface area contributed by atoms with Gasteiger partial charge in [0.05, 0.1) is 0 Å². The lowest BCUT2D eigenvalue weighted by Gasteiger charge is -1.79. The lowest BCUT2D eigenvalue weighted by molar-refractivity contribution is -0.133. The van der Waals surface area contributed by atoms with Crippen LogP contribution in [0.3, 0.4) is 0 Å². The molecule has 0 saturated carbocycles. The molecule has 118 valence electrons. The average Bonchev–Trinajstić information content (AvgIpc) is 2.30. The zero-order valence-corrected chi connectivity index (χ0v) is 12.2. The summed E-state index contributed by atoms with van der Waals surface area (Å²) in [4.78, 5) is 28.8. The molecule has 21 heavy (non-hydrogen) atoms. The molecule has 0 saturated heterocycles. The molecule has 8 nitrogen and oxygen atoms in total. The van der Waals surface area contributed by atoms with Crippen molar-refractivity contribution in [3.8, 4) is 6.19 Å². The van der Waals surface area contributed by atoms with Crippen LogP contribution in [0.15, 0.2) is 36.5 Å². The number of carbonyl (C=O) groups is 3. The van der Waals surface area contributed by atoms with E-state index in [1.165, 1.54) is 27.0 Å². The molecule has 8 heteroatoms. The number of carboxylic acids is 3. The van der Waals surface area contributed by atoms with E-state index in [1.807, 2.05) is 0 Å². The summed E-state index contributed by atoms with van der Waals surface area (Å²) in [5.74, 6) is -2.81. The Bertz CT molecular complexity index is 353. The van der Waals surface area contributed by atoms with E-state index in [2.05, 4.69) is 25.5 Å². The first-order valence-electron chi connectivity index (χ1n) is 5.11. The molecule has 0 bridgehead atoms. The average molecular weight is 300 g/mol. The summed E-state index contributed by atoms with van der Waals surface area (Å²) >= 11 is 0. The van der Waals surface area contributed by atoms with E-state index >= 15 is 0 Å². The second-order valence-electron chi connectivity index (χ2n) is 3.39. The Morgan fingerprint density at radius 2 is 0.857 bits per heavy atom. The Labute approximate surface area is 123 Å². The second-order valence-corrected chi connectivity index (χ2v) is 3.39. The van der Waals surface area contributed by atoms with E-state index in [0.29, 0.717) is 0 Å². The van der Waals surface area contributed by atoms with Crippen LogP contribution < -0.4 is 5.73 Å². The normalized spacial score (nSPS) is 6.76. The predicted molar refractivity (Wildman–Crippen MR) is 77.1 cm³/mol. The smallest absolute Gasteiger partial charge is 0.330 e. The van der Waals surface area contributed by atoms with Crippen LogP contribution in [-0.4, -0.2) is 33.2 Å². The Kier molecular flexibility index (Phi) is 21.3. The number of nitrogens with two attached hydrogens (primary N) is 1. The van der Waals surface area contributed by atoms with E-state index in [9.17, 15) is 14.4 Å². The molecule has 0 aliphatic rings. The van der Waals surface area contributed by atoms with Crippen molar-refractivity contribution >= 4 is 17.9 Å². The fourth-order valence-electron chi connectivity index (χ4n) is 0. The summed E-state index contributed by atoms with van der Waals surface area (Å²) in [6.07, 6.45) is 1.25. The molecule has 0 heterocycles. The Morgan fingerprint density at radius 1 is 0.810 bits per heavy atom. The lowest BCUT2D eigenvalue weighted by atomic mass is 10.4. The van der Waals surface area contributed by atoms with Gasteiger partial charge < -0.3 is 21.1 Å². The largest absolute Gasteiger partial charge is 0.478 e. The number of rotatable bonds is 3. The van der Waals surface area contributed by atoms with Gasteiger partial charge in [0.2, 0.25) is 0 Å². The molecule has 0 aliphatic heterocycles. The van der Waals surface area contributed by atoms with Crippen molar-refractivity contribution in [3.05, 3.63) is 36.5 Å². The Hall–Kier alpha value is -3.08. The molecular formula is C13H20N2O6. The highest BCUT2D eigenvalue weighted by Crippen LogP contribution is 1.82. The van der Waals surface area contributed by atoms with Gasteiger partial charge in [0.25, 0.3) is 0 Å². The van der Waals surface area contributed by atoms with Gasteiger partial charge in [0.15, 0.2) is 6.19 Å². The van der Waals surface area contributed by atoms with Gasteiger partial charge >= 0.3 is 17.9 Å². The van der Waals surface area contributed by atoms with Crippen molar-refractivity contribution in [1.82, 2.24) is 0 Å². The number of hydrogen-bond acceptors (Lipinski definition) is 5. The Balaban J connectivity index is -0.0000000944. The van der Waals surface area contributed by atoms with E-state index in [4.69, 9.17) is 20.6 Å². The maximum absolute atomic E-state index is 9.60. The minimum absolute atomic E-state index is 0.176. The summed E-state index contributed by atoms with van der Waals surface area (Å²) in [6.45, 7) is 13.8. The number of carboxylic acid groups (broad SMARTS) is 3. The van der Waals surface area contributed by atoms with Crippen molar-refractivity contribution in [2.45, 2.75) is 20.8 Å². The summed E-state index contributed by atoms with van der Waals surface area (Å²) in [6, 6.07) is 0. The van der Waals surface area contributed by atoms with Crippen molar-refractivity contribution in [2.24, 2.45) is 5.73 Å². The zero-order chi connectivity index (χ0) is 18.2. The van der Waals surface area contributed by atoms with Gasteiger partial charge in [-0.2, -0.15) is 5.26 Å².